The Kier molecular flexibility index (Phi) is 11.8. The Bertz CT molecular complexity index is 1960. The molecule has 2 aromatic carbocycles. The molecule has 56 heavy (non-hydrogen) atoms. The normalized spacial score (nSPS) is 30.3. The maximum absolute atomic E-state index is 13.3. The first-order chi connectivity index (χ1) is 26.5. The maximum atomic E-state index is 13.3. The highest BCUT2D eigenvalue weighted by molar-refractivity contribution is 6.04. The molecule has 0 spiro atoms. The minimum atomic E-state index is -2.21. The standard InChI is InChI=1S/C36H40NO19/c1-2-15-5-12(11-37-15)6-16-20(10-21-22(24(16)42)17(39)9-19(52-21)14-7-13(3-4-38)23(41)18(40)8-14)53-35-29(47)26(44)28(46)32(55-35)34(51)56-36-30(48)25(43)27(45)31(54-36)33(49)50/h5,7-8,10-11,19,25-32,35-36,38,40-41,43-48H,2-4,6,9H2,1H3,(H,39,42)(H,49,50)/q-1/p+1/t19?,25-,26-,27-,28-,29+,30+,31-,32-,35-,36+/m0/s1. The van der Waals surface area contributed by atoms with Gasteiger partial charge < -0.3 is 84.8 Å². The highest BCUT2D eigenvalue weighted by Gasteiger charge is 2.53. The van der Waals surface area contributed by atoms with Crippen LogP contribution in [0.15, 0.2) is 30.5 Å². The molecule has 0 aliphatic carbocycles. The zero-order chi connectivity index (χ0) is 40.7. The summed E-state index contributed by atoms with van der Waals surface area (Å²) in [6, 6.07) is 5.60. The number of esters is 1. The number of hydrogen-bond donors (Lipinski definition) is 11. The topological polar surface area (TPSA) is 338 Å². The number of nitrogens with zero attached hydrogens (tertiary/aromatic N) is 1. The molecule has 2 fully saturated rings. The average molecular weight is 792 g/mol. The molecule has 6 rings (SSSR count). The van der Waals surface area contributed by atoms with Crippen LogP contribution >= 0.6 is 0 Å². The van der Waals surface area contributed by atoms with Crippen LogP contribution in [0.2, 0.25) is 0 Å². The molecule has 0 saturated carbocycles. The molecule has 20 heteroatoms. The number of hydrogen-bond acceptors (Lipinski definition) is 17. The van der Waals surface area contributed by atoms with E-state index in [1.54, 1.807) is 6.07 Å². The van der Waals surface area contributed by atoms with Gasteiger partial charge in [-0.3, -0.25) is 4.79 Å². The second-order valence-corrected chi connectivity index (χ2v) is 13.5. The summed E-state index contributed by atoms with van der Waals surface area (Å²) >= 11 is 0. The fraction of sp³-hybridized carbons (Fsp3) is 0.472. The molecule has 11 atom stereocenters. The Morgan fingerprint density at radius 1 is 0.875 bits per heavy atom. The van der Waals surface area contributed by atoms with E-state index in [4.69, 9.17) is 23.7 Å². The molecular weight excluding hydrogens is 750 g/mol. The molecule has 4 heterocycles. The zero-order valence-corrected chi connectivity index (χ0v) is 29.4. The van der Waals surface area contributed by atoms with Gasteiger partial charge >= 0.3 is 17.7 Å². The molecule has 3 aromatic rings. The van der Waals surface area contributed by atoms with Crippen molar-refractivity contribution < 1.29 is 94.2 Å². The predicted octanol–water partition coefficient (Wildman–Crippen LogP) is -2.51. The van der Waals surface area contributed by atoms with E-state index in [0.717, 1.165) is 0 Å². The monoisotopic (exact) mass is 791 g/mol. The fourth-order valence-corrected chi connectivity index (χ4v) is 6.71. The minimum absolute atomic E-state index is 0.0126. The number of rotatable bonds is 11. The largest absolute Gasteiger partial charge is 0.667 e. The molecule has 2 saturated heterocycles. The van der Waals surface area contributed by atoms with Crippen molar-refractivity contribution in [2.24, 2.45) is 0 Å². The maximum Gasteiger partial charge on any atom is 0.340 e. The van der Waals surface area contributed by atoms with Gasteiger partial charge in [-0.2, -0.15) is 11.9 Å². The van der Waals surface area contributed by atoms with Crippen molar-refractivity contribution in [1.29, 1.82) is 0 Å². The molecule has 1 aromatic heterocycles. The summed E-state index contributed by atoms with van der Waals surface area (Å²) in [7, 11) is 0. The molecule has 0 radical (unpaired) electrons. The van der Waals surface area contributed by atoms with E-state index in [1.165, 1.54) is 24.4 Å². The number of carbonyl (C=O) groups excluding carboxylic acids is 2. The van der Waals surface area contributed by atoms with Gasteiger partial charge in [-0.15, -0.1) is 0 Å². The Labute approximate surface area is 316 Å². The van der Waals surface area contributed by atoms with Crippen molar-refractivity contribution in [1.82, 2.24) is 4.98 Å². The van der Waals surface area contributed by atoms with Crippen LogP contribution in [-0.4, -0.2) is 147 Å². The van der Waals surface area contributed by atoms with Crippen LogP contribution in [0.25, 0.3) is 0 Å². The number of aromatic hydroxyl groups is 3. The van der Waals surface area contributed by atoms with Crippen molar-refractivity contribution in [3.8, 4) is 28.7 Å². The third kappa shape index (κ3) is 7.70. The summed E-state index contributed by atoms with van der Waals surface area (Å²) in [6.07, 6.45) is -20.7. The second kappa shape index (κ2) is 16.2. The van der Waals surface area contributed by atoms with Gasteiger partial charge in [0, 0.05) is 30.2 Å². The van der Waals surface area contributed by atoms with E-state index < -0.39 is 96.7 Å². The van der Waals surface area contributed by atoms with Crippen LogP contribution in [-0.2, 0) is 43.1 Å². The molecule has 0 bridgehead atoms. The first kappa shape index (κ1) is 40.6. The van der Waals surface area contributed by atoms with Gasteiger partial charge in [0.15, 0.2) is 29.3 Å². The Hall–Kier alpha value is -5.03. The number of phenols is 3. The second-order valence-electron chi connectivity index (χ2n) is 13.5. The van der Waals surface area contributed by atoms with Crippen LogP contribution in [0, 0.1) is 0 Å². The van der Waals surface area contributed by atoms with Gasteiger partial charge in [0.1, 0.15) is 66.4 Å². The van der Waals surface area contributed by atoms with E-state index in [-0.39, 0.29) is 65.4 Å². The summed E-state index contributed by atoms with van der Waals surface area (Å²) in [5.41, 5.74) is 1.60. The molecule has 3 aliphatic rings. The predicted molar refractivity (Wildman–Crippen MR) is 182 cm³/mol. The lowest BCUT2D eigenvalue weighted by atomic mass is 9.91. The Morgan fingerprint density at radius 2 is 1.54 bits per heavy atom. The molecule has 304 valence electrons. The van der Waals surface area contributed by atoms with E-state index in [2.05, 4.69) is 4.98 Å². The number of phenolic OH excluding ortho intramolecular Hbond substituents is 3. The van der Waals surface area contributed by atoms with Crippen molar-refractivity contribution in [2.75, 3.05) is 6.61 Å². The SMILES string of the molecule is CCc1cc(Cc2c(O[C@H]3O[C@H](C(=O)O[C@H]4O[C@H](C(=O)O)[C@@H](O)[C@H](O)[C@H]4O)[C@@H](O)[C@H](O)[C@H]3O)cc3c(c2O)C(=[OH+])CC(c2cc(O)c(O)c(CCO)c2)O3)c[n-]1. The number of aliphatic carboxylic acids is 1. The van der Waals surface area contributed by atoms with E-state index in [9.17, 15) is 70.6 Å². The smallest absolute Gasteiger partial charge is 0.340 e. The van der Waals surface area contributed by atoms with E-state index in [0.29, 0.717) is 17.7 Å². The highest BCUT2D eigenvalue weighted by atomic mass is 16.7. The number of benzene rings is 2. The van der Waals surface area contributed by atoms with Gasteiger partial charge in [-0.1, -0.05) is 25.0 Å². The van der Waals surface area contributed by atoms with E-state index in [1.807, 2.05) is 6.92 Å². The van der Waals surface area contributed by atoms with Gasteiger partial charge in [0.25, 0.3) is 0 Å². The average Bonchev–Trinajstić information content (AvgIpc) is 3.62. The lowest BCUT2D eigenvalue weighted by Gasteiger charge is -2.41. The fourth-order valence-electron chi connectivity index (χ4n) is 6.71. The minimum Gasteiger partial charge on any atom is -0.667 e. The number of aliphatic hydroxyl groups excluding tert-OH is 7. The summed E-state index contributed by atoms with van der Waals surface area (Å²) in [5, 5.41) is 114. The Morgan fingerprint density at radius 3 is 2.18 bits per heavy atom. The van der Waals surface area contributed by atoms with Crippen molar-refractivity contribution in [3.05, 3.63) is 64.0 Å². The third-order valence-electron chi connectivity index (χ3n) is 9.79. The van der Waals surface area contributed by atoms with Gasteiger partial charge in [0.05, 0.1) is 0 Å². The number of carboxylic acids is 1. The zero-order valence-electron chi connectivity index (χ0n) is 29.4. The van der Waals surface area contributed by atoms with Crippen LogP contribution in [0.5, 0.6) is 28.7 Å². The molecular formula is C36H41NO19. The van der Waals surface area contributed by atoms with Crippen LogP contribution in [0.3, 0.4) is 0 Å². The lowest BCUT2D eigenvalue weighted by molar-refractivity contribution is -0.302. The van der Waals surface area contributed by atoms with Gasteiger partial charge in [-0.25, -0.2) is 9.59 Å². The number of aryl methyl sites for hydroxylation is 1. The highest BCUT2D eigenvalue weighted by Crippen LogP contribution is 2.47. The van der Waals surface area contributed by atoms with Crippen molar-refractivity contribution in [2.45, 2.75) is 100 Å². The van der Waals surface area contributed by atoms with Crippen molar-refractivity contribution in [3.63, 3.8) is 0 Å². The molecule has 1 unspecified atom stereocenters. The number of aromatic nitrogens is 1. The molecule has 0 amide bonds. The van der Waals surface area contributed by atoms with Crippen molar-refractivity contribution >= 4 is 17.7 Å². The quantitative estimate of drug-likeness (QED) is 0.0542. The summed E-state index contributed by atoms with van der Waals surface area (Å²) in [5.74, 6) is -5.68. The first-order valence-corrected chi connectivity index (χ1v) is 17.4. The summed E-state index contributed by atoms with van der Waals surface area (Å²) in [4.78, 5) is 40.3. The van der Waals surface area contributed by atoms with Crippen LogP contribution in [0.4, 0.5) is 0 Å². The number of carboxylic acid groups (broad SMARTS) is 1. The summed E-state index contributed by atoms with van der Waals surface area (Å²) in [6.45, 7) is 1.52. The van der Waals surface area contributed by atoms with Crippen LogP contribution < -0.4 is 14.5 Å². The van der Waals surface area contributed by atoms with Crippen LogP contribution in [0.1, 0.15) is 53.0 Å². The number of ketones is 1. The van der Waals surface area contributed by atoms with Gasteiger partial charge in [-0.05, 0) is 24.1 Å². The summed E-state index contributed by atoms with van der Waals surface area (Å²) < 4.78 is 27.6. The number of aliphatic hydroxyl groups is 7. The van der Waals surface area contributed by atoms with Gasteiger partial charge in [0.2, 0.25) is 12.6 Å². The molecule has 3 aliphatic heterocycles. The molecule has 12 N–H and O–H groups in total. The number of carbonyl (C=O) groups is 2. The third-order valence-corrected chi connectivity index (χ3v) is 9.79. The van der Waals surface area contributed by atoms with E-state index >= 15 is 0 Å². The first-order valence-electron chi connectivity index (χ1n) is 17.4. The lowest BCUT2D eigenvalue weighted by Crippen LogP contribution is -2.63. The molecule has 20 nitrogen and oxygen atoms in total. The number of fused-ring (bicyclic) bond motifs is 1. The number of ether oxygens (including phenoxy) is 5. The Balaban J connectivity index is 1.33.